The Balaban J connectivity index is 1.04. The standard InChI is InChI=1S/C38H43F3N8O4S/c1-47(24-26-7-4-8-27(20-26)32-14-15-34(50)45-36(32)51)29-16-18-49(19-17-29)30-12-10-28(11-13-30)44-37-43-23-33(38(39,40)41)35(46-37)42-22-25-6-5-9-31(21-25)48(2)54(3,52)53/h4-13,20-21,23,29,32H,14-19,22,24H2,1-3H3,(H,45,50,51)(H2,42,43,44,46). The van der Waals surface area contributed by atoms with E-state index in [2.05, 4.69) is 54.9 Å². The molecule has 4 aromatic rings. The van der Waals surface area contributed by atoms with Crippen LogP contribution in [0.2, 0.25) is 0 Å². The number of amides is 2. The number of hydrogen-bond donors (Lipinski definition) is 3. The van der Waals surface area contributed by atoms with Gasteiger partial charge in [0.15, 0.2) is 0 Å². The third-order valence-corrected chi connectivity index (χ3v) is 11.1. The molecule has 2 fully saturated rings. The van der Waals surface area contributed by atoms with Crippen LogP contribution in [0.15, 0.2) is 79.0 Å². The fraction of sp³-hybridized carbons (Fsp3) is 0.368. The van der Waals surface area contributed by atoms with E-state index < -0.39 is 27.6 Å². The van der Waals surface area contributed by atoms with E-state index in [1.807, 2.05) is 36.4 Å². The smallest absolute Gasteiger partial charge is 0.371 e. The molecule has 1 atom stereocenters. The van der Waals surface area contributed by atoms with Gasteiger partial charge in [0.1, 0.15) is 11.4 Å². The Labute approximate surface area is 312 Å². The van der Waals surface area contributed by atoms with E-state index in [1.54, 1.807) is 24.3 Å². The minimum Gasteiger partial charge on any atom is -0.371 e. The number of piperidine rings is 2. The maximum absolute atomic E-state index is 13.9. The van der Waals surface area contributed by atoms with E-state index in [-0.39, 0.29) is 30.2 Å². The van der Waals surface area contributed by atoms with E-state index in [0.717, 1.165) is 66.0 Å². The predicted octanol–water partition coefficient (Wildman–Crippen LogP) is 5.87. The molecule has 3 heterocycles. The van der Waals surface area contributed by atoms with Crippen molar-refractivity contribution in [3.8, 4) is 0 Å². The molecule has 3 N–H and O–H groups in total. The van der Waals surface area contributed by atoms with Gasteiger partial charge in [-0.3, -0.25) is 24.1 Å². The highest BCUT2D eigenvalue weighted by Crippen LogP contribution is 2.35. The molecule has 54 heavy (non-hydrogen) atoms. The number of carbonyl (C=O) groups excluding carboxylic acids is 2. The molecule has 6 rings (SSSR count). The first-order valence-corrected chi connectivity index (χ1v) is 19.4. The zero-order valence-electron chi connectivity index (χ0n) is 30.2. The number of anilines is 5. The second kappa shape index (κ2) is 16.0. The molecule has 3 aromatic carbocycles. The van der Waals surface area contributed by atoms with Crippen LogP contribution in [-0.4, -0.2) is 74.6 Å². The minimum atomic E-state index is -4.70. The second-order valence-corrected chi connectivity index (χ2v) is 15.8. The number of sulfonamides is 1. The number of imide groups is 1. The molecule has 2 saturated heterocycles. The number of carbonyl (C=O) groups is 2. The highest BCUT2D eigenvalue weighted by molar-refractivity contribution is 7.92. The number of nitrogens with one attached hydrogen (secondary N) is 3. The molecule has 1 unspecified atom stereocenters. The average Bonchev–Trinajstić information content (AvgIpc) is 3.13. The van der Waals surface area contributed by atoms with Crippen molar-refractivity contribution in [1.82, 2.24) is 20.2 Å². The number of halogens is 3. The summed E-state index contributed by atoms with van der Waals surface area (Å²) < 4.78 is 66.6. The van der Waals surface area contributed by atoms with E-state index in [0.29, 0.717) is 35.8 Å². The normalized spacial score (nSPS) is 17.0. The topological polar surface area (TPSA) is 140 Å². The van der Waals surface area contributed by atoms with Gasteiger partial charge < -0.3 is 15.5 Å². The van der Waals surface area contributed by atoms with Crippen molar-refractivity contribution in [2.75, 3.05) is 53.3 Å². The van der Waals surface area contributed by atoms with Gasteiger partial charge in [-0.1, -0.05) is 36.4 Å². The Kier molecular flexibility index (Phi) is 11.4. The molecule has 0 saturated carbocycles. The molecule has 2 amide bonds. The molecule has 0 radical (unpaired) electrons. The first-order valence-electron chi connectivity index (χ1n) is 17.6. The van der Waals surface area contributed by atoms with Crippen LogP contribution in [0.1, 0.15) is 53.9 Å². The van der Waals surface area contributed by atoms with Gasteiger partial charge >= 0.3 is 6.18 Å². The molecular formula is C38H43F3N8O4S. The van der Waals surface area contributed by atoms with Crippen LogP contribution in [0, 0.1) is 0 Å². The Morgan fingerprint density at radius 2 is 1.65 bits per heavy atom. The zero-order chi connectivity index (χ0) is 38.6. The second-order valence-electron chi connectivity index (χ2n) is 13.8. The van der Waals surface area contributed by atoms with E-state index in [9.17, 15) is 31.2 Å². The third kappa shape index (κ3) is 9.46. The molecule has 0 spiro atoms. The molecule has 0 bridgehead atoms. The van der Waals surface area contributed by atoms with Crippen molar-refractivity contribution in [3.63, 3.8) is 0 Å². The average molecular weight is 765 g/mol. The Morgan fingerprint density at radius 3 is 2.33 bits per heavy atom. The first kappa shape index (κ1) is 38.5. The Bertz CT molecular complexity index is 2090. The molecule has 2 aliphatic heterocycles. The summed E-state index contributed by atoms with van der Waals surface area (Å²) in [7, 11) is -0.00302. The van der Waals surface area contributed by atoms with Gasteiger partial charge in [-0.15, -0.1) is 0 Å². The van der Waals surface area contributed by atoms with E-state index >= 15 is 0 Å². The van der Waals surface area contributed by atoms with Crippen LogP contribution < -0.4 is 25.2 Å². The van der Waals surface area contributed by atoms with Crippen molar-refractivity contribution in [1.29, 1.82) is 0 Å². The maximum Gasteiger partial charge on any atom is 0.421 e. The van der Waals surface area contributed by atoms with Crippen molar-refractivity contribution in [2.45, 2.75) is 56.9 Å². The van der Waals surface area contributed by atoms with Gasteiger partial charge in [0, 0.05) is 63.3 Å². The van der Waals surface area contributed by atoms with Gasteiger partial charge in [0.2, 0.25) is 27.8 Å². The van der Waals surface area contributed by atoms with E-state index in [4.69, 9.17) is 0 Å². The SMILES string of the molecule is CN(Cc1cccc(C2CCC(=O)NC2=O)c1)C1CCN(c2ccc(Nc3ncc(C(F)(F)F)c(NCc4cccc(N(C)S(C)(=O)=O)c4)n3)cc2)CC1. The van der Waals surface area contributed by atoms with Crippen molar-refractivity contribution >= 4 is 50.7 Å². The lowest BCUT2D eigenvalue weighted by molar-refractivity contribution is -0.137. The number of nitrogens with zero attached hydrogens (tertiary/aromatic N) is 5. The highest BCUT2D eigenvalue weighted by atomic mass is 32.2. The molecule has 2 aliphatic rings. The van der Waals surface area contributed by atoms with Gasteiger partial charge in [-0.25, -0.2) is 13.4 Å². The molecular weight excluding hydrogens is 722 g/mol. The van der Waals surface area contributed by atoms with Gasteiger partial charge in [0.25, 0.3) is 0 Å². The van der Waals surface area contributed by atoms with Crippen molar-refractivity contribution < 1.29 is 31.2 Å². The number of alkyl halides is 3. The van der Waals surface area contributed by atoms with Crippen LogP contribution in [0.5, 0.6) is 0 Å². The summed E-state index contributed by atoms with van der Waals surface area (Å²) in [6.07, 6.45) is -0.124. The van der Waals surface area contributed by atoms with Crippen LogP contribution in [0.25, 0.3) is 0 Å². The first-order chi connectivity index (χ1) is 25.6. The van der Waals surface area contributed by atoms with Gasteiger partial charge in [-0.05, 0) is 79.4 Å². The Hall–Kier alpha value is -5.22. The fourth-order valence-electron chi connectivity index (χ4n) is 6.81. The monoisotopic (exact) mass is 764 g/mol. The fourth-order valence-corrected chi connectivity index (χ4v) is 7.31. The summed E-state index contributed by atoms with van der Waals surface area (Å²) in [5.74, 6) is -1.19. The predicted molar refractivity (Wildman–Crippen MR) is 202 cm³/mol. The molecule has 0 aliphatic carbocycles. The van der Waals surface area contributed by atoms with Crippen LogP contribution in [0.4, 0.5) is 42.0 Å². The summed E-state index contributed by atoms with van der Waals surface area (Å²) in [5, 5.41) is 8.19. The number of rotatable bonds is 12. The van der Waals surface area contributed by atoms with Gasteiger partial charge in [-0.2, -0.15) is 18.2 Å². The number of aromatic nitrogens is 2. The molecule has 16 heteroatoms. The van der Waals surface area contributed by atoms with E-state index in [1.165, 1.54) is 7.05 Å². The summed E-state index contributed by atoms with van der Waals surface area (Å²) in [6, 6.07) is 22.5. The number of benzene rings is 3. The minimum absolute atomic E-state index is 0.0182. The lowest BCUT2D eigenvalue weighted by atomic mass is 9.89. The maximum atomic E-state index is 13.9. The van der Waals surface area contributed by atoms with Crippen LogP contribution >= 0.6 is 0 Å². The summed E-state index contributed by atoms with van der Waals surface area (Å²) in [4.78, 5) is 36.7. The lowest BCUT2D eigenvalue weighted by Gasteiger charge is -2.38. The third-order valence-electron chi connectivity index (χ3n) is 9.93. The molecule has 286 valence electrons. The lowest BCUT2D eigenvalue weighted by Crippen LogP contribution is -2.43. The van der Waals surface area contributed by atoms with Crippen LogP contribution in [-0.2, 0) is 38.9 Å². The quantitative estimate of drug-likeness (QED) is 0.150. The number of hydrogen-bond acceptors (Lipinski definition) is 10. The van der Waals surface area contributed by atoms with Gasteiger partial charge in [0.05, 0.1) is 17.9 Å². The molecule has 1 aromatic heterocycles. The Morgan fingerprint density at radius 1 is 0.944 bits per heavy atom. The summed E-state index contributed by atoms with van der Waals surface area (Å²) in [5.41, 5.74) is 3.60. The summed E-state index contributed by atoms with van der Waals surface area (Å²) in [6.45, 7) is 2.40. The molecule has 12 nitrogen and oxygen atoms in total. The largest absolute Gasteiger partial charge is 0.421 e. The van der Waals surface area contributed by atoms with Crippen LogP contribution in [0.3, 0.4) is 0 Å². The van der Waals surface area contributed by atoms with Crippen molar-refractivity contribution in [3.05, 3.63) is 101 Å². The summed E-state index contributed by atoms with van der Waals surface area (Å²) >= 11 is 0. The van der Waals surface area contributed by atoms with Crippen molar-refractivity contribution in [2.24, 2.45) is 0 Å². The zero-order valence-corrected chi connectivity index (χ0v) is 31.0. The highest BCUT2D eigenvalue weighted by Gasteiger charge is 2.35.